The third kappa shape index (κ3) is 3.87. The van der Waals surface area contributed by atoms with Gasteiger partial charge >= 0.3 is 0 Å². The van der Waals surface area contributed by atoms with E-state index in [2.05, 4.69) is 39.0 Å². The van der Waals surface area contributed by atoms with Crippen LogP contribution in [0.4, 0.5) is 0 Å². The third-order valence-corrected chi connectivity index (χ3v) is 2.96. The average molecular weight is 231 g/mol. The molecule has 92 valence electrons. The summed E-state index contributed by atoms with van der Waals surface area (Å²) in [5.74, 6) is -0.118. The van der Waals surface area contributed by atoms with E-state index in [1.54, 1.807) is 0 Å². The minimum Gasteiger partial charge on any atom is -0.388 e. The Bertz CT molecular complexity index is 394. The van der Waals surface area contributed by atoms with Gasteiger partial charge < -0.3 is 5.11 Å². The maximum atomic E-state index is 9.96. The molecule has 0 aliphatic rings. The van der Waals surface area contributed by atoms with Crippen molar-refractivity contribution in [2.45, 2.75) is 45.6 Å². The van der Waals surface area contributed by atoms with Crippen LogP contribution in [-0.2, 0) is 5.41 Å². The number of rotatable bonds is 3. The smallest absolute Gasteiger partial charge is 0.0802 e. The zero-order valence-electron chi connectivity index (χ0n) is 11.1. The molecule has 1 aromatic rings. The van der Waals surface area contributed by atoms with Gasteiger partial charge in [0.2, 0.25) is 0 Å². The maximum Gasteiger partial charge on any atom is 0.0802 e. The van der Waals surface area contributed by atoms with E-state index in [4.69, 9.17) is 5.26 Å². The topological polar surface area (TPSA) is 44.0 Å². The lowest BCUT2D eigenvalue weighted by molar-refractivity contribution is 0.156. The second kappa shape index (κ2) is 5.33. The van der Waals surface area contributed by atoms with Crippen molar-refractivity contribution in [1.82, 2.24) is 0 Å². The van der Waals surface area contributed by atoms with E-state index in [0.29, 0.717) is 6.42 Å². The van der Waals surface area contributed by atoms with Gasteiger partial charge in [-0.3, -0.25) is 0 Å². The number of aliphatic hydroxyl groups excluding tert-OH is 1. The van der Waals surface area contributed by atoms with Crippen LogP contribution in [0.25, 0.3) is 0 Å². The Labute approximate surface area is 104 Å². The van der Waals surface area contributed by atoms with E-state index in [1.165, 1.54) is 5.56 Å². The van der Waals surface area contributed by atoms with Crippen molar-refractivity contribution < 1.29 is 5.11 Å². The molecule has 0 aliphatic heterocycles. The molecule has 0 bridgehead atoms. The van der Waals surface area contributed by atoms with E-state index >= 15 is 0 Å². The van der Waals surface area contributed by atoms with Gasteiger partial charge in [-0.25, -0.2) is 0 Å². The van der Waals surface area contributed by atoms with Crippen LogP contribution in [0.15, 0.2) is 24.3 Å². The van der Waals surface area contributed by atoms with Crippen molar-refractivity contribution in [3.63, 3.8) is 0 Å². The van der Waals surface area contributed by atoms with E-state index in [-0.39, 0.29) is 11.3 Å². The van der Waals surface area contributed by atoms with Gasteiger partial charge in [0.15, 0.2) is 0 Å². The Morgan fingerprint density at radius 3 is 2.18 bits per heavy atom. The summed E-state index contributed by atoms with van der Waals surface area (Å²) < 4.78 is 0. The lowest BCUT2D eigenvalue weighted by Gasteiger charge is -2.20. The van der Waals surface area contributed by atoms with Gasteiger partial charge in [0.1, 0.15) is 0 Å². The van der Waals surface area contributed by atoms with Crippen molar-refractivity contribution in [3.05, 3.63) is 35.4 Å². The number of hydrogen-bond donors (Lipinski definition) is 1. The first-order chi connectivity index (χ1) is 7.84. The van der Waals surface area contributed by atoms with Crippen LogP contribution in [0.2, 0.25) is 0 Å². The lowest BCUT2D eigenvalue weighted by atomic mass is 9.86. The second-order valence-corrected chi connectivity index (χ2v) is 5.65. The summed E-state index contributed by atoms with van der Waals surface area (Å²) in [6.07, 6.45) is -0.0515. The van der Waals surface area contributed by atoms with Crippen LogP contribution in [0.3, 0.4) is 0 Å². The number of nitriles is 1. The van der Waals surface area contributed by atoms with Crippen LogP contribution in [-0.4, -0.2) is 5.11 Å². The van der Waals surface area contributed by atoms with Crippen molar-refractivity contribution in [2.24, 2.45) is 5.92 Å². The fourth-order valence-corrected chi connectivity index (χ4v) is 1.73. The standard InChI is InChI=1S/C15H21NO/c1-11(10-16)9-14(17)12-5-7-13(8-6-12)15(2,3)4/h5-8,11,14,17H,9H2,1-4H3. The average Bonchev–Trinajstić information content (AvgIpc) is 2.27. The number of hydrogen-bond acceptors (Lipinski definition) is 2. The fourth-order valence-electron chi connectivity index (χ4n) is 1.73. The van der Waals surface area contributed by atoms with Crippen LogP contribution in [0.1, 0.15) is 51.3 Å². The van der Waals surface area contributed by atoms with Crippen molar-refractivity contribution in [3.8, 4) is 6.07 Å². The Balaban J connectivity index is 2.78. The van der Waals surface area contributed by atoms with Gasteiger partial charge in [0.05, 0.1) is 12.2 Å². The zero-order valence-corrected chi connectivity index (χ0v) is 11.1. The summed E-state index contributed by atoms with van der Waals surface area (Å²) in [5.41, 5.74) is 2.27. The van der Waals surface area contributed by atoms with Gasteiger partial charge in [-0.15, -0.1) is 0 Å². The summed E-state index contributed by atoms with van der Waals surface area (Å²) in [6, 6.07) is 10.2. The predicted molar refractivity (Wildman–Crippen MR) is 69.5 cm³/mol. The van der Waals surface area contributed by atoms with Gasteiger partial charge in [-0.05, 0) is 29.9 Å². The molecular weight excluding hydrogens is 210 g/mol. The quantitative estimate of drug-likeness (QED) is 0.864. The van der Waals surface area contributed by atoms with Crippen LogP contribution in [0, 0.1) is 17.2 Å². The molecule has 0 saturated carbocycles. The molecule has 2 unspecified atom stereocenters. The molecule has 2 heteroatoms. The van der Waals surface area contributed by atoms with E-state index in [0.717, 1.165) is 5.56 Å². The first-order valence-corrected chi connectivity index (χ1v) is 6.02. The highest BCUT2D eigenvalue weighted by Crippen LogP contribution is 2.26. The van der Waals surface area contributed by atoms with Crippen molar-refractivity contribution >= 4 is 0 Å². The Kier molecular flexibility index (Phi) is 4.31. The third-order valence-electron chi connectivity index (χ3n) is 2.96. The van der Waals surface area contributed by atoms with Gasteiger partial charge in [-0.2, -0.15) is 5.26 Å². The molecule has 1 N–H and O–H groups in total. The molecule has 17 heavy (non-hydrogen) atoms. The summed E-state index contributed by atoms with van der Waals surface area (Å²) >= 11 is 0. The van der Waals surface area contributed by atoms with E-state index in [9.17, 15) is 5.11 Å². The summed E-state index contributed by atoms with van der Waals surface area (Å²) in [7, 11) is 0. The van der Waals surface area contributed by atoms with Crippen LogP contribution >= 0.6 is 0 Å². The van der Waals surface area contributed by atoms with Crippen LogP contribution in [0.5, 0.6) is 0 Å². The molecule has 0 spiro atoms. The molecule has 1 aromatic carbocycles. The Hall–Kier alpha value is -1.33. The Morgan fingerprint density at radius 2 is 1.76 bits per heavy atom. The molecule has 0 heterocycles. The van der Waals surface area contributed by atoms with Gasteiger partial charge in [-0.1, -0.05) is 45.0 Å². The normalized spacial score (nSPS) is 15.1. The predicted octanol–water partition coefficient (Wildman–Crippen LogP) is 3.57. The van der Waals surface area contributed by atoms with E-state index in [1.807, 2.05) is 19.1 Å². The first-order valence-electron chi connectivity index (χ1n) is 6.02. The van der Waals surface area contributed by atoms with Gasteiger partial charge in [0, 0.05) is 5.92 Å². The van der Waals surface area contributed by atoms with Crippen LogP contribution < -0.4 is 0 Å². The lowest BCUT2D eigenvalue weighted by Crippen LogP contribution is -2.11. The zero-order chi connectivity index (χ0) is 13.1. The minimum absolute atomic E-state index is 0.118. The van der Waals surface area contributed by atoms with E-state index < -0.39 is 6.10 Å². The summed E-state index contributed by atoms with van der Waals surface area (Å²) in [5, 5.41) is 18.7. The molecule has 0 fully saturated rings. The largest absolute Gasteiger partial charge is 0.388 e. The first kappa shape index (κ1) is 13.7. The molecular formula is C15H21NO. The molecule has 0 aromatic heterocycles. The molecule has 2 atom stereocenters. The molecule has 0 aliphatic carbocycles. The summed E-state index contributed by atoms with van der Waals surface area (Å²) in [6.45, 7) is 8.31. The van der Waals surface area contributed by atoms with Gasteiger partial charge in [0.25, 0.3) is 0 Å². The number of nitrogens with zero attached hydrogens (tertiary/aromatic N) is 1. The van der Waals surface area contributed by atoms with Crippen molar-refractivity contribution in [2.75, 3.05) is 0 Å². The fraction of sp³-hybridized carbons (Fsp3) is 0.533. The maximum absolute atomic E-state index is 9.96. The minimum atomic E-state index is -0.543. The Morgan fingerprint density at radius 1 is 1.24 bits per heavy atom. The highest BCUT2D eigenvalue weighted by molar-refractivity contribution is 5.28. The highest BCUT2D eigenvalue weighted by Gasteiger charge is 2.15. The monoisotopic (exact) mass is 231 g/mol. The SMILES string of the molecule is CC(C#N)CC(O)c1ccc(C(C)(C)C)cc1. The summed E-state index contributed by atoms with van der Waals surface area (Å²) in [4.78, 5) is 0. The molecule has 2 nitrogen and oxygen atoms in total. The molecule has 0 radical (unpaired) electrons. The number of benzene rings is 1. The number of aliphatic hydroxyl groups is 1. The van der Waals surface area contributed by atoms with Crippen molar-refractivity contribution in [1.29, 1.82) is 5.26 Å². The molecule has 1 rings (SSSR count). The highest BCUT2D eigenvalue weighted by atomic mass is 16.3. The molecule has 0 saturated heterocycles. The second-order valence-electron chi connectivity index (χ2n) is 5.65. The molecule has 0 amide bonds.